The topological polar surface area (TPSA) is 55.2 Å². The van der Waals surface area contributed by atoms with Gasteiger partial charge in [0, 0.05) is 11.4 Å². The van der Waals surface area contributed by atoms with Crippen molar-refractivity contribution in [2.24, 2.45) is 0 Å². The molecule has 6 heteroatoms. The molecule has 2 aromatic heterocycles. The molecule has 0 saturated heterocycles. The number of benzene rings is 2. The Morgan fingerprint density at radius 3 is 2.53 bits per heavy atom. The van der Waals surface area contributed by atoms with Crippen LogP contribution in [0, 0.1) is 0 Å². The highest BCUT2D eigenvalue weighted by Crippen LogP contribution is 2.23. The molecule has 1 atom stereocenters. The predicted molar refractivity (Wildman–Crippen MR) is 130 cm³/mol. The van der Waals surface area contributed by atoms with Crippen LogP contribution in [0.3, 0.4) is 0 Å². The second kappa shape index (κ2) is 9.92. The first-order valence-corrected chi connectivity index (χ1v) is 11.8. The zero-order valence-corrected chi connectivity index (χ0v) is 19.2. The third-order valence-corrected chi connectivity index (χ3v) is 6.48. The molecule has 0 fully saturated rings. The van der Waals surface area contributed by atoms with E-state index in [1.807, 2.05) is 83.9 Å². The Labute approximate surface area is 192 Å². The second-order valence-electron chi connectivity index (χ2n) is 7.88. The van der Waals surface area contributed by atoms with Crippen LogP contribution in [-0.2, 0) is 17.8 Å². The fraction of sp³-hybridized carbons (Fsp3) is 0.269. The quantitative estimate of drug-likeness (QED) is 0.381. The van der Waals surface area contributed by atoms with E-state index < -0.39 is 0 Å². The van der Waals surface area contributed by atoms with Gasteiger partial charge in [0.15, 0.2) is 0 Å². The van der Waals surface area contributed by atoms with Crippen molar-refractivity contribution in [3.05, 3.63) is 98.7 Å². The van der Waals surface area contributed by atoms with Crippen LogP contribution in [0.1, 0.15) is 42.6 Å². The zero-order valence-electron chi connectivity index (χ0n) is 18.4. The molecule has 1 unspecified atom stereocenters. The largest absolute Gasteiger partial charge is 0.332 e. The van der Waals surface area contributed by atoms with Gasteiger partial charge in [-0.05, 0) is 42.5 Å². The van der Waals surface area contributed by atoms with Crippen LogP contribution >= 0.6 is 11.3 Å². The van der Waals surface area contributed by atoms with Crippen molar-refractivity contribution in [3.63, 3.8) is 0 Å². The van der Waals surface area contributed by atoms with E-state index in [-0.39, 0.29) is 17.5 Å². The van der Waals surface area contributed by atoms with E-state index in [0.29, 0.717) is 36.2 Å². The van der Waals surface area contributed by atoms with Gasteiger partial charge in [0.25, 0.3) is 5.56 Å². The van der Waals surface area contributed by atoms with E-state index in [1.54, 1.807) is 15.9 Å². The summed E-state index contributed by atoms with van der Waals surface area (Å²) in [5, 5.41) is 2.57. The van der Waals surface area contributed by atoms with E-state index in [2.05, 4.69) is 6.92 Å². The van der Waals surface area contributed by atoms with Crippen LogP contribution in [0.15, 0.2) is 76.9 Å². The minimum atomic E-state index is -0.330. The Balaban J connectivity index is 1.78. The molecule has 32 heavy (non-hydrogen) atoms. The van der Waals surface area contributed by atoms with Crippen molar-refractivity contribution in [2.45, 2.75) is 39.3 Å². The van der Waals surface area contributed by atoms with E-state index in [1.165, 1.54) is 0 Å². The minimum Gasteiger partial charge on any atom is -0.332 e. The first-order valence-electron chi connectivity index (χ1n) is 10.9. The van der Waals surface area contributed by atoms with Crippen molar-refractivity contribution in [1.29, 1.82) is 0 Å². The van der Waals surface area contributed by atoms with E-state index in [4.69, 9.17) is 4.98 Å². The Morgan fingerprint density at radius 1 is 1.06 bits per heavy atom. The molecule has 164 valence electrons. The highest BCUT2D eigenvalue weighted by atomic mass is 32.1. The summed E-state index contributed by atoms with van der Waals surface area (Å²) in [5.41, 5.74) is 1.60. The van der Waals surface area contributed by atoms with Gasteiger partial charge in [0.2, 0.25) is 5.91 Å². The number of hydrogen-bond acceptors (Lipinski definition) is 4. The fourth-order valence-electron chi connectivity index (χ4n) is 4.00. The van der Waals surface area contributed by atoms with Crippen molar-refractivity contribution < 1.29 is 4.79 Å². The van der Waals surface area contributed by atoms with Crippen LogP contribution in [-0.4, -0.2) is 26.9 Å². The van der Waals surface area contributed by atoms with Crippen LogP contribution in [0.2, 0.25) is 0 Å². The van der Waals surface area contributed by atoms with Gasteiger partial charge in [0.05, 0.1) is 29.9 Å². The third kappa shape index (κ3) is 4.65. The molecule has 2 aromatic carbocycles. The van der Waals surface area contributed by atoms with Gasteiger partial charge in [-0.2, -0.15) is 0 Å². The number of fused-ring (bicyclic) bond motifs is 1. The summed E-state index contributed by atoms with van der Waals surface area (Å²) in [6.45, 7) is 5.05. The summed E-state index contributed by atoms with van der Waals surface area (Å²) >= 11 is 1.59. The molecule has 4 aromatic rings. The van der Waals surface area contributed by atoms with Gasteiger partial charge in [0.1, 0.15) is 5.82 Å². The van der Waals surface area contributed by atoms with Crippen LogP contribution < -0.4 is 5.56 Å². The molecule has 0 radical (unpaired) electrons. The molecule has 0 spiro atoms. The fourth-order valence-corrected chi connectivity index (χ4v) is 4.70. The van der Waals surface area contributed by atoms with Gasteiger partial charge in [-0.25, -0.2) is 4.98 Å². The molecule has 0 bridgehead atoms. The lowest BCUT2D eigenvalue weighted by Gasteiger charge is -2.30. The standard InChI is InChI=1S/C26H27N3O2S/c1-3-15-28(24(30)17-21-12-9-16-32-21)19(2)25-27-23-14-8-7-13-22(23)26(31)29(25)18-20-10-5-4-6-11-20/h4-14,16,19H,3,15,17-18H2,1-2H3. The molecule has 5 nitrogen and oxygen atoms in total. The second-order valence-corrected chi connectivity index (χ2v) is 8.92. The predicted octanol–water partition coefficient (Wildman–Crippen LogP) is 5.05. The molecular weight excluding hydrogens is 418 g/mol. The summed E-state index contributed by atoms with van der Waals surface area (Å²) < 4.78 is 1.73. The first-order chi connectivity index (χ1) is 15.6. The van der Waals surface area contributed by atoms with Crippen molar-refractivity contribution in [2.75, 3.05) is 6.54 Å². The van der Waals surface area contributed by atoms with Crippen LogP contribution in [0.5, 0.6) is 0 Å². The number of hydrogen-bond donors (Lipinski definition) is 0. The number of para-hydroxylation sites is 1. The highest BCUT2D eigenvalue weighted by molar-refractivity contribution is 7.10. The van der Waals surface area contributed by atoms with Crippen LogP contribution in [0.25, 0.3) is 10.9 Å². The number of nitrogens with zero attached hydrogens (tertiary/aromatic N) is 3. The lowest BCUT2D eigenvalue weighted by atomic mass is 10.1. The summed E-state index contributed by atoms with van der Waals surface area (Å²) in [6.07, 6.45) is 1.19. The van der Waals surface area contributed by atoms with Gasteiger partial charge in [-0.3, -0.25) is 14.2 Å². The van der Waals surface area contributed by atoms with Crippen molar-refractivity contribution >= 4 is 28.1 Å². The van der Waals surface area contributed by atoms with E-state index in [9.17, 15) is 9.59 Å². The monoisotopic (exact) mass is 445 g/mol. The van der Waals surface area contributed by atoms with Gasteiger partial charge < -0.3 is 4.90 Å². The molecule has 0 aliphatic heterocycles. The van der Waals surface area contributed by atoms with E-state index >= 15 is 0 Å². The van der Waals surface area contributed by atoms with Gasteiger partial charge in [-0.1, -0.05) is 55.5 Å². The molecule has 0 aliphatic carbocycles. The zero-order chi connectivity index (χ0) is 22.5. The number of aromatic nitrogens is 2. The third-order valence-electron chi connectivity index (χ3n) is 5.61. The first kappa shape index (κ1) is 22.0. The Morgan fingerprint density at radius 2 is 1.81 bits per heavy atom. The highest BCUT2D eigenvalue weighted by Gasteiger charge is 2.26. The molecular formula is C26H27N3O2S. The lowest BCUT2D eigenvalue weighted by Crippen LogP contribution is -2.39. The number of carbonyl (C=O) groups is 1. The maximum absolute atomic E-state index is 13.5. The number of rotatable bonds is 8. The minimum absolute atomic E-state index is 0.0514. The average molecular weight is 446 g/mol. The molecule has 0 saturated carbocycles. The smallest absolute Gasteiger partial charge is 0.261 e. The Hall–Kier alpha value is -3.25. The SMILES string of the molecule is CCCN(C(=O)Cc1cccs1)C(C)c1nc2ccccc2c(=O)n1Cc1ccccc1. The van der Waals surface area contributed by atoms with Crippen LogP contribution in [0.4, 0.5) is 0 Å². The summed E-state index contributed by atoms with van der Waals surface area (Å²) in [5.74, 6) is 0.668. The normalized spacial score (nSPS) is 12.1. The maximum Gasteiger partial charge on any atom is 0.261 e. The molecule has 2 heterocycles. The Bertz CT molecular complexity index is 1250. The molecule has 0 N–H and O–H groups in total. The van der Waals surface area contributed by atoms with Crippen molar-refractivity contribution in [1.82, 2.24) is 14.5 Å². The molecule has 0 aliphatic rings. The molecule has 4 rings (SSSR count). The number of amides is 1. The number of thiophene rings is 1. The van der Waals surface area contributed by atoms with E-state index in [0.717, 1.165) is 16.9 Å². The summed E-state index contributed by atoms with van der Waals surface area (Å²) in [7, 11) is 0. The summed E-state index contributed by atoms with van der Waals surface area (Å²) in [4.78, 5) is 34.5. The maximum atomic E-state index is 13.5. The summed E-state index contributed by atoms with van der Waals surface area (Å²) in [6, 6.07) is 20.9. The molecule has 1 amide bonds. The number of carbonyl (C=O) groups excluding carboxylic acids is 1. The van der Waals surface area contributed by atoms with Crippen molar-refractivity contribution in [3.8, 4) is 0 Å². The Kier molecular flexibility index (Phi) is 6.81. The average Bonchev–Trinajstić information content (AvgIpc) is 3.32. The van der Waals surface area contributed by atoms with Gasteiger partial charge >= 0.3 is 0 Å². The lowest BCUT2D eigenvalue weighted by molar-refractivity contribution is -0.132. The van der Waals surface area contributed by atoms with Gasteiger partial charge in [-0.15, -0.1) is 11.3 Å².